The second-order valence-corrected chi connectivity index (χ2v) is 4.40. The zero-order chi connectivity index (χ0) is 13.5. The Morgan fingerprint density at radius 3 is 2.67 bits per heavy atom. The highest BCUT2D eigenvalue weighted by atomic mass is 16.5. The Balaban J connectivity index is 2.48. The molecule has 0 bridgehead atoms. The second kappa shape index (κ2) is 6.86. The molecule has 0 heterocycles. The van der Waals surface area contributed by atoms with Gasteiger partial charge in [-0.15, -0.1) is 0 Å². The molecule has 0 fully saturated rings. The minimum atomic E-state index is -0.561. The molecule has 0 aliphatic rings. The van der Waals surface area contributed by atoms with Gasteiger partial charge in [-0.05, 0) is 18.1 Å². The highest BCUT2D eigenvalue weighted by Gasteiger charge is 2.10. The van der Waals surface area contributed by atoms with Crippen molar-refractivity contribution in [1.82, 2.24) is 0 Å². The van der Waals surface area contributed by atoms with Gasteiger partial charge in [-0.3, -0.25) is 4.79 Å². The molecule has 100 valence electrons. The monoisotopic (exact) mass is 252 g/mol. The molecule has 0 saturated carbocycles. The fourth-order valence-electron chi connectivity index (χ4n) is 1.41. The van der Waals surface area contributed by atoms with Gasteiger partial charge >= 0.3 is 0 Å². The number of nitrogen functional groups attached to an aromatic ring is 1. The van der Waals surface area contributed by atoms with Gasteiger partial charge in [-0.2, -0.15) is 0 Å². The number of anilines is 1. The highest BCUT2D eigenvalue weighted by Crippen LogP contribution is 2.24. The molecule has 0 radical (unpaired) electrons. The number of carbonyl (C=O) groups is 1. The van der Waals surface area contributed by atoms with Crippen LogP contribution < -0.4 is 16.2 Å². The maximum Gasteiger partial charge on any atom is 0.250 e. The Labute approximate surface area is 107 Å². The fourth-order valence-corrected chi connectivity index (χ4v) is 1.41. The topological polar surface area (TPSA) is 87.6 Å². The van der Waals surface area contributed by atoms with Gasteiger partial charge in [-0.25, -0.2) is 0 Å². The minimum absolute atomic E-state index is 0.272. The number of benzene rings is 1. The fraction of sp³-hybridized carbons (Fsp3) is 0.462. The van der Waals surface area contributed by atoms with Gasteiger partial charge in [-0.1, -0.05) is 19.9 Å². The molecule has 5 nitrogen and oxygen atoms in total. The molecular formula is C13H20N2O3. The third-order valence-corrected chi connectivity index (χ3v) is 2.27. The molecule has 0 aromatic heterocycles. The van der Waals surface area contributed by atoms with Crippen LogP contribution in [0.3, 0.4) is 0 Å². The van der Waals surface area contributed by atoms with Gasteiger partial charge in [0.1, 0.15) is 12.4 Å². The first-order valence-electron chi connectivity index (χ1n) is 5.91. The van der Waals surface area contributed by atoms with Crippen LogP contribution >= 0.6 is 0 Å². The molecule has 0 saturated heterocycles. The smallest absolute Gasteiger partial charge is 0.250 e. The molecule has 1 rings (SSSR count). The summed E-state index contributed by atoms with van der Waals surface area (Å²) < 4.78 is 10.8. The summed E-state index contributed by atoms with van der Waals surface area (Å²) >= 11 is 0. The van der Waals surface area contributed by atoms with Crippen molar-refractivity contribution in [2.24, 2.45) is 11.7 Å². The van der Waals surface area contributed by atoms with Crippen LogP contribution in [-0.4, -0.2) is 25.7 Å². The summed E-state index contributed by atoms with van der Waals surface area (Å²) in [7, 11) is 0. The summed E-state index contributed by atoms with van der Waals surface area (Å²) in [4.78, 5) is 11.1. The third kappa shape index (κ3) is 4.25. The number of primary amides is 1. The molecule has 0 aliphatic carbocycles. The van der Waals surface area contributed by atoms with Crippen molar-refractivity contribution < 1.29 is 14.3 Å². The summed E-state index contributed by atoms with van der Waals surface area (Å²) in [5.41, 5.74) is 11.5. The first-order valence-corrected chi connectivity index (χ1v) is 5.91. The van der Waals surface area contributed by atoms with Crippen molar-refractivity contribution in [1.29, 1.82) is 0 Å². The number of carbonyl (C=O) groups excluding carboxylic acids is 1. The van der Waals surface area contributed by atoms with E-state index in [1.807, 2.05) is 0 Å². The predicted octanol–water partition coefficient (Wildman–Crippen LogP) is 1.42. The number of rotatable bonds is 7. The Bertz CT molecular complexity index is 405. The minimum Gasteiger partial charge on any atom is -0.489 e. The summed E-state index contributed by atoms with van der Waals surface area (Å²) in [5, 5.41) is 0. The molecule has 0 aliphatic heterocycles. The first kappa shape index (κ1) is 14.3. The van der Waals surface area contributed by atoms with Gasteiger partial charge in [0.25, 0.3) is 5.91 Å². The van der Waals surface area contributed by atoms with Crippen LogP contribution in [0.2, 0.25) is 0 Å². The lowest BCUT2D eigenvalue weighted by Gasteiger charge is -2.11. The highest BCUT2D eigenvalue weighted by molar-refractivity contribution is 5.99. The normalized spacial score (nSPS) is 10.6. The van der Waals surface area contributed by atoms with E-state index < -0.39 is 5.91 Å². The third-order valence-electron chi connectivity index (χ3n) is 2.27. The second-order valence-electron chi connectivity index (χ2n) is 4.40. The number of ether oxygens (including phenoxy) is 2. The standard InChI is InChI=1S/C13H20N2O3/c1-9(2)8-17-6-7-18-11-5-3-4-10(12(11)14)13(15)16/h3-5,9H,6-8,14H2,1-2H3,(H2,15,16). The van der Waals surface area contributed by atoms with E-state index >= 15 is 0 Å². The van der Waals surface area contributed by atoms with E-state index in [4.69, 9.17) is 20.9 Å². The van der Waals surface area contributed by atoms with Gasteiger partial charge in [0.05, 0.1) is 17.9 Å². The van der Waals surface area contributed by atoms with Crippen molar-refractivity contribution in [3.63, 3.8) is 0 Å². The van der Waals surface area contributed by atoms with Crippen molar-refractivity contribution in [2.45, 2.75) is 13.8 Å². The zero-order valence-electron chi connectivity index (χ0n) is 10.8. The van der Waals surface area contributed by atoms with E-state index in [0.717, 1.165) is 0 Å². The van der Waals surface area contributed by atoms with Crippen LogP contribution in [0.25, 0.3) is 0 Å². The predicted molar refractivity (Wildman–Crippen MR) is 70.5 cm³/mol. The summed E-state index contributed by atoms with van der Waals surface area (Å²) in [5.74, 6) is 0.390. The van der Waals surface area contributed by atoms with Crippen LogP contribution in [0.1, 0.15) is 24.2 Å². The Hall–Kier alpha value is -1.75. The molecule has 0 unspecified atom stereocenters. The summed E-state index contributed by atoms with van der Waals surface area (Å²) in [6, 6.07) is 4.95. The van der Waals surface area contributed by atoms with Crippen molar-refractivity contribution in [2.75, 3.05) is 25.6 Å². The first-order chi connectivity index (χ1) is 8.52. The van der Waals surface area contributed by atoms with Crippen LogP contribution in [0.15, 0.2) is 18.2 Å². The molecule has 18 heavy (non-hydrogen) atoms. The van der Waals surface area contributed by atoms with Crippen molar-refractivity contribution in [3.8, 4) is 5.75 Å². The van der Waals surface area contributed by atoms with Gasteiger partial charge in [0.15, 0.2) is 0 Å². The zero-order valence-corrected chi connectivity index (χ0v) is 10.8. The quantitative estimate of drug-likeness (QED) is 0.567. The maximum atomic E-state index is 11.1. The Kier molecular flexibility index (Phi) is 5.45. The van der Waals surface area contributed by atoms with Crippen LogP contribution in [0.4, 0.5) is 5.69 Å². The lowest BCUT2D eigenvalue weighted by Crippen LogP contribution is -2.15. The van der Waals surface area contributed by atoms with E-state index in [2.05, 4.69) is 13.8 Å². The average molecular weight is 252 g/mol. The number of nitrogens with two attached hydrogens (primary N) is 2. The van der Waals surface area contributed by atoms with Crippen LogP contribution in [0, 0.1) is 5.92 Å². The van der Waals surface area contributed by atoms with Crippen molar-refractivity contribution in [3.05, 3.63) is 23.8 Å². The summed E-state index contributed by atoms with van der Waals surface area (Å²) in [6.07, 6.45) is 0. The maximum absolute atomic E-state index is 11.1. The van der Waals surface area contributed by atoms with E-state index in [0.29, 0.717) is 31.5 Å². The SMILES string of the molecule is CC(C)COCCOc1cccc(C(N)=O)c1N. The summed E-state index contributed by atoms with van der Waals surface area (Å²) in [6.45, 7) is 5.72. The molecule has 4 N–H and O–H groups in total. The molecule has 1 aromatic rings. The molecule has 5 heteroatoms. The van der Waals surface area contributed by atoms with Crippen molar-refractivity contribution >= 4 is 11.6 Å². The molecular weight excluding hydrogens is 232 g/mol. The van der Waals surface area contributed by atoms with Gasteiger partial charge in [0.2, 0.25) is 0 Å². The number of amides is 1. The number of hydrogen-bond donors (Lipinski definition) is 2. The van der Waals surface area contributed by atoms with E-state index in [9.17, 15) is 4.79 Å². The Morgan fingerprint density at radius 2 is 2.06 bits per heavy atom. The Morgan fingerprint density at radius 1 is 1.33 bits per heavy atom. The largest absolute Gasteiger partial charge is 0.489 e. The number of hydrogen-bond acceptors (Lipinski definition) is 4. The lowest BCUT2D eigenvalue weighted by atomic mass is 10.1. The molecule has 0 spiro atoms. The molecule has 0 atom stereocenters. The molecule has 1 amide bonds. The van der Waals surface area contributed by atoms with E-state index in [-0.39, 0.29) is 11.3 Å². The van der Waals surface area contributed by atoms with Gasteiger partial charge in [0, 0.05) is 6.61 Å². The van der Waals surface area contributed by atoms with E-state index in [1.54, 1.807) is 18.2 Å². The van der Waals surface area contributed by atoms with Crippen LogP contribution in [0.5, 0.6) is 5.75 Å². The van der Waals surface area contributed by atoms with Gasteiger partial charge < -0.3 is 20.9 Å². The lowest BCUT2D eigenvalue weighted by molar-refractivity contribution is 0.0820. The number of para-hydroxylation sites is 1. The van der Waals surface area contributed by atoms with Crippen LogP contribution in [-0.2, 0) is 4.74 Å². The van der Waals surface area contributed by atoms with E-state index in [1.165, 1.54) is 0 Å². The average Bonchev–Trinajstić information content (AvgIpc) is 2.30. The molecule has 1 aromatic carbocycles.